The Bertz CT molecular complexity index is 1180. The second-order valence-electron chi connectivity index (χ2n) is 10.3. The molecule has 0 bridgehead atoms. The number of hydrogen-bond acceptors (Lipinski definition) is 3. The number of benzene rings is 2. The number of nitrogens with one attached hydrogen (secondary N) is 1. The molecule has 0 saturated carbocycles. The number of carboxylic acid groups (broad SMARTS) is 1. The molecule has 37 heavy (non-hydrogen) atoms. The molecular weight excluding hydrogens is 476 g/mol. The minimum absolute atomic E-state index is 0.00759. The van der Waals surface area contributed by atoms with E-state index in [0.717, 1.165) is 31.0 Å². The predicted octanol–water partition coefficient (Wildman–Crippen LogP) is 6.62. The van der Waals surface area contributed by atoms with E-state index in [0.29, 0.717) is 22.6 Å². The number of carboxylic acids is 1. The van der Waals surface area contributed by atoms with Crippen molar-refractivity contribution in [1.82, 2.24) is 5.32 Å². The van der Waals surface area contributed by atoms with Crippen LogP contribution in [0.2, 0.25) is 0 Å². The standard InChI is InChI=1S/C30H35F2NO4/c1-18(2)9-28(23-11-19(3)10-20(4)12-23)33-30(36)27-13-21(5-6-22(27)7-8-29(34)35)17-37-26-15-24(31)14-25(32)16-26/h5-6,10-11,13-16,18,23,28H,7-9,12,17H2,1-4H3,(H,33,36)(H,34,35). The third-order valence-electron chi connectivity index (χ3n) is 6.34. The highest BCUT2D eigenvalue weighted by atomic mass is 19.1. The van der Waals surface area contributed by atoms with Crippen molar-refractivity contribution in [3.05, 3.63) is 88.0 Å². The molecular formula is C30H35F2NO4. The molecule has 0 aromatic heterocycles. The molecule has 198 valence electrons. The molecule has 2 unspecified atom stereocenters. The second kappa shape index (κ2) is 12.7. The summed E-state index contributed by atoms with van der Waals surface area (Å²) in [6.07, 6.45) is 6.11. The first kappa shape index (κ1) is 28.1. The van der Waals surface area contributed by atoms with E-state index in [1.54, 1.807) is 18.2 Å². The number of aryl methyl sites for hydroxylation is 1. The van der Waals surface area contributed by atoms with E-state index < -0.39 is 17.6 Å². The molecule has 0 saturated heterocycles. The van der Waals surface area contributed by atoms with Gasteiger partial charge in [0.25, 0.3) is 5.91 Å². The van der Waals surface area contributed by atoms with Crippen LogP contribution in [-0.2, 0) is 17.8 Å². The SMILES string of the molecule is CC1=CC(C(CC(C)C)NC(=O)c2cc(COc3cc(F)cc(F)c3)ccc2CCC(=O)O)CC(C)=C1. The van der Waals surface area contributed by atoms with Crippen molar-refractivity contribution in [2.24, 2.45) is 11.8 Å². The summed E-state index contributed by atoms with van der Waals surface area (Å²) >= 11 is 0. The number of allylic oxidation sites excluding steroid dienone is 3. The van der Waals surface area contributed by atoms with E-state index >= 15 is 0 Å². The van der Waals surface area contributed by atoms with Gasteiger partial charge in [0.15, 0.2) is 0 Å². The first-order valence-electron chi connectivity index (χ1n) is 12.6. The summed E-state index contributed by atoms with van der Waals surface area (Å²) in [6.45, 7) is 8.38. The number of ether oxygens (including phenoxy) is 1. The topological polar surface area (TPSA) is 75.6 Å². The fourth-order valence-corrected chi connectivity index (χ4v) is 4.78. The summed E-state index contributed by atoms with van der Waals surface area (Å²) in [5.74, 6) is -2.15. The molecule has 2 atom stereocenters. The van der Waals surface area contributed by atoms with Gasteiger partial charge in [-0.05, 0) is 56.2 Å². The van der Waals surface area contributed by atoms with Crippen LogP contribution in [0.25, 0.3) is 0 Å². The van der Waals surface area contributed by atoms with Crippen molar-refractivity contribution in [2.75, 3.05) is 0 Å². The molecule has 2 N–H and O–H groups in total. The van der Waals surface area contributed by atoms with Crippen molar-refractivity contribution in [3.8, 4) is 5.75 Å². The number of carbonyl (C=O) groups is 2. The van der Waals surface area contributed by atoms with Gasteiger partial charge in [0.1, 0.15) is 24.0 Å². The van der Waals surface area contributed by atoms with Crippen LogP contribution in [-0.4, -0.2) is 23.0 Å². The Morgan fingerprint density at radius 2 is 1.81 bits per heavy atom. The maximum absolute atomic E-state index is 13.6. The Hall–Kier alpha value is -3.48. The third kappa shape index (κ3) is 8.55. The van der Waals surface area contributed by atoms with Crippen LogP contribution >= 0.6 is 0 Å². The molecule has 2 aromatic rings. The van der Waals surface area contributed by atoms with E-state index in [2.05, 4.69) is 45.2 Å². The van der Waals surface area contributed by atoms with Gasteiger partial charge in [-0.25, -0.2) is 8.78 Å². The van der Waals surface area contributed by atoms with Gasteiger partial charge in [-0.1, -0.05) is 49.3 Å². The highest BCUT2D eigenvalue weighted by molar-refractivity contribution is 5.96. The van der Waals surface area contributed by atoms with Crippen molar-refractivity contribution < 1.29 is 28.2 Å². The van der Waals surface area contributed by atoms with Gasteiger partial charge in [0.05, 0.1) is 0 Å². The van der Waals surface area contributed by atoms with Gasteiger partial charge < -0.3 is 15.2 Å². The fourth-order valence-electron chi connectivity index (χ4n) is 4.78. The Labute approximate surface area is 217 Å². The lowest BCUT2D eigenvalue weighted by molar-refractivity contribution is -0.136. The molecule has 0 spiro atoms. The van der Waals surface area contributed by atoms with Crippen molar-refractivity contribution in [1.29, 1.82) is 0 Å². The van der Waals surface area contributed by atoms with Gasteiger partial charge in [-0.3, -0.25) is 9.59 Å². The first-order valence-corrected chi connectivity index (χ1v) is 12.6. The van der Waals surface area contributed by atoms with Crippen LogP contribution in [0.1, 0.15) is 68.4 Å². The molecule has 0 fully saturated rings. The number of aliphatic carboxylic acids is 1. The summed E-state index contributed by atoms with van der Waals surface area (Å²) in [5.41, 5.74) is 4.07. The second-order valence-corrected chi connectivity index (χ2v) is 10.3. The molecule has 3 rings (SSSR count). The lowest BCUT2D eigenvalue weighted by Gasteiger charge is -2.30. The Balaban J connectivity index is 1.85. The molecule has 2 aromatic carbocycles. The van der Waals surface area contributed by atoms with Crippen LogP contribution in [0.4, 0.5) is 8.78 Å². The molecule has 0 aliphatic heterocycles. The monoisotopic (exact) mass is 511 g/mol. The van der Waals surface area contributed by atoms with Gasteiger partial charge >= 0.3 is 5.97 Å². The molecule has 5 nitrogen and oxygen atoms in total. The van der Waals surface area contributed by atoms with E-state index in [1.165, 1.54) is 11.1 Å². The van der Waals surface area contributed by atoms with Gasteiger partial charge in [0.2, 0.25) is 0 Å². The van der Waals surface area contributed by atoms with E-state index in [4.69, 9.17) is 4.74 Å². The number of hydrogen-bond donors (Lipinski definition) is 2. The maximum Gasteiger partial charge on any atom is 0.303 e. The Kier molecular flexibility index (Phi) is 9.61. The van der Waals surface area contributed by atoms with Crippen molar-refractivity contribution >= 4 is 11.9 Å². The molecule has 1 aliphatic rings. The summed E-state index contributed by atoms with van der Waals surface area (Å²) in [6, 6.07) is 7.97. The van der Waals surface area contributed by atoms with Crippen molar-refractivity contribution in [3.63, 3.8) is 0 Å². The highest BCUT2D eigenvalue weighted by Crippen LogP contribution is 2.28. The van der Waals surface area contributed by atoms with Crippen molar-refractivity contribution in [2.45, 2.75) is 66.0 Å². The van der Waals surface area contributed by atoms with Crippen LogP contribution in [0.15, 0.2) is 59.7 Å². The van der Waals surface area contributed by atoms with E-state index in [1.807, 2.05) is 0 Å². The largest absolute Gasteiger partial charge is 0.489 e. The molecule has 0 heterocycles. The smallest absolute Gasteiger partial charge is 0.303 e. The van der Waals surface area contributed by atoms with Crippen LogP contribution in [0, 0.1) is 23.5 Å². The zero-order valence-electron chi connectivity index (χ0n) is 21.8. The number of carbonyl (C=O) groups excluding carboxylic acids is 1. The minimum Gasteiger partial charge on any atom is -0.489 e. The molecule has 1 amide bonds. The first-order chi connectivity index (χ1) is 17.5. The number of halogens is 2. The Morgan fingerprint density at radius 3 is 2.43 bits per heavy atom. The summed E-state index contributed by atoms with van der Waals surface area (Å²) in [4.78, 5) is 24.8. The lowest BCUT2D eigenvalue weighted by atomic mass is 9.82. The average Bonchev–Trinajstić information content (AvgIpc) is 2.79. The zero-order valence-corrected chi connectivity index (χ0v) is 21.8. The van der Waals surface area contributed by atoms with E-state index in [-0.39, 0.29) is 43.1 Å². The van der Waals surface area contributed by atoms with E-state index in [9.17, 15) is 23.5 Å². The summed E-state index contributed by atoms with van der Waals surface area (Å²) in [7, 11) is 0. The summed E-state index contributed by atoms with van der Waals surface area (Å²) in [5, 5.41) is 12.4. The summed E-state index contributed by atoms with van der Waals surface area (Å²) < 4.78 is 32.6. The zero-order chi connectivity index (χ0) is 27.1. The fraction of sp³-hybridized carbons (Fsp3) is 0.400. The van der Waals surface area contributed by atoms with Crippen LogP contribution < -0.4 is 10.1 Å². The van der Waals surface area contributed by atoms with Gasteiger partial charge in [-0.15, -0.1) is 0 Å². The normalized spacial score (nSPS) is 16.1. The highest BCUT2D eigenvalue weighted by Gasteiger charge is 2.26. The number of rotatable bonds is 11. The van der Waals surface area contributed by atoms with Gasteiger partial charge in [-0.2, -0.15) is 0 Å². The maximum atomic E-state index is 13.6. The number of amides is 1. The Morgan fingerprint density at radius 1 is 1.11 bits per heavy atom. The average molecular weight is 512 g/mol. The minimum atomic E-state index is -0.949. The predicted molar refractivity (Wildman–Crippen MR) is 139 cm³/mol. The van der Waals surface area contributed by atoms with Crippen LogP contribution in [0.5, 0.6) is 5.75 Å². The molecule has 1 aliphatic carbocycles. The van der Waals surface area contributed by atoms with Crippen LogP contribution in [0.3, 0.4) is 0 Å². The van der Waals surface area contributed by atoms with Gasteiger partial charge in [0, 0.05) is 42.1 Å². The third-order valence-corrected chi connectivity index (χ3v) is 6.34. The molecule has 7 heteroatoms. The lowest BCUT2D eigenvalue weighted by Crippen LogP contribution is -2.41. The quantitative estimate of drug-likeness (QED) is 0.356. The molecule has 0 radical (unpaired) electrons.